The Bertz CT molecular complexity index is 490. The number of H-pyrrole nitrogens is 2. The zero-order valence-electron chi connectivity index (χ0n) is 8.09. The van der Waals surface area contributed by atoms with Crippen LogP contribution in [0.2, 0.25) is 0 Å². The van der Waals surface area contributed by atoms with Gasteiger partial charge in [0.1, 0.15) is 0 Å². The van der Waals surface area contributed by atoms with Crippen LogP contribution in [0.15, 0.2) is 18.2 Å². The molecule has 2 N–H and O–H groups in total. The third kappa shape index (κ3) is 1.48. The first-order valence-electron chi connectivity index (χ1n) is 4.40. The molecule has 0 amide bonds. The van der Waals surface area contributed by atoms with Crippen molar-refractivity contribution in [3.63, 3.8) is 0 Å². The quantitative estimate of drug-likeness (QED) is 0.703. The van der Waals surface area contributed by atoms with Crippen LogP contribution in [0.1, 0.15) is 11.1 Å². The lowest BCUT2D eigenvalue weighted by Gasteiger charge is -2.05. The van der Waals surface area contributed by atoms with Crippen molar-refractivity contribution in [2.24, 2.45) is 0 Å². The number of benzene rings is 1. The van der Waals surface area contributed by atoms with Crippen LogP contribution >= 0.6 is 12.2 Å². The lowest BCUT2D eigenvalue weighted by Crippen LogP contribution is -1.89. The third-order valence-corrected chi connectivity index (χ3v) is 2.41. The van der Waals surface area contributed by atoms with E-state index in [2.05, 4.69) is 41.2 Å². The number of hydrogen-bond acceptors (Lipinski definition) is 2. The number of rotatable bonds is 1. The average Bonchev–Trinajstić information content (AvgIpc) is 2.51. The molecule has 4 heteroatoms. The van der Waals surface area contributed by atoms with Crippen molar-refractivity contribution in [2.45, 2.75) is 13.8 Å². The number of aromatic amines is 2. The molecule has 2 aromatic rings. The molecule has 0 unspecified atom stereocenters. The van der Waals surface area contributed by atoms with Gasteiger partial charge in [-0.05, 0) is 37.2 Å². The van der Waals surface area contributed by atoms with E-state index in [-0.39, 0.29) is 0 Å². The highest BCUT2D eigenvalue weighted by Crippen LogP contribution is 2.22. The zero-order valence-corrected chi connectivity index (χ0v) is 8.90. The summed E-state index contributed by atoms with van der Waals surface area (Å²) in [5, 5.41) is 5.76. The fourth-order valence-electron chi connectivity index (χ4n) is 1.58. The predicted octanol–water partition coefficient (Wildman–Crippen LogP) is 2.75. The van der Waals surface area contributed by atoms with E-state index in [1.165, 1.54) is 11.1 Å². The van der Waals surface area contributed by atoms with Gasteiger partial charge in [-0.15, -0.1) is 0 Å². The first-order chi connectivity index (χ1) is 6.68. The monoisotopic (exact) mass is 205 g/mol. The summed E-state index contributed by atoms with van der Waals surface area (Å²) in [6, 6.07) is 6.16. The molecule has 14 heavy (non-hydrogen) atoms. The van der Waals surface area contributed by atoms with E-state index in [4.69, 9.17) is 12.2 Å². The van der Waals surface area contributed by atoms with E-state index >= 15 is 0 Å². The van der Waals surface area contributed by atoms with Crippen molar-refractivity contribution < 1.29 is 0 Å². The summed E-state index contributed by atoms with van der Waals surface area (Å²) in [6.07, 6.45) is 0. The topological polar surface area (TPSA) is 44.5 Å². The van der Waals surface area contributed by atoms with Crippen molar-refractivity contribution in [3.8, 4) is 11.4 Å². The molecule has 0 saturated heterocycles. The maximum absolute atomic E-state index is 4.92. The Balaban J connectivity index is 2.67. The molecule has 1 aromatic heterocycles. The van der Waals surface area contributed by atoms with Gasteiger partial charge < -0.3 is 0 Å². The number of hydrogen-bond donors (Lipinski definition) is 2. The summed E-state index contributed by atoms with van der Waals surface area (Å²) in [5.41, 5.74) is 3.52. The molecule has 0 aliphatic rings. The van der Waals surface area contributed by atoms with E-state index in [0.29, 0.717) is 4.77 Å². The molecule has 0 fully saturated rings. The van der Waals surface area contributed by atoms with Crippen LogP contribution in [0, 0.1) is 18.6 Å². The van der Waals surface area contributed by atoms with E-state index < -0.39 is 0 Å². The molecule has 0 aliphatic carbocycles. The second-order valence-electron chi connectivity index (χ2n) is 3.28. The molecule has 0 atom stereocenters. The van der Waals surface area contributed by atoms with Gasteiger partial charge in [0.2, 0.25) is 4.77 Å². The Hall–Kier alpha value is -1.42. The van der Waals surface area contributed by atoms with Gasteiger partial charge in [0, 0.05) is 5.56 Å². The van der Waals surface area contributed by atoms with Crippen LogP contribution in [-0.4, -0.2) is 15.2 Å². The SMILES string of the molecule is Cc1cccc(C)c1-c1nc(=S)[nH][nH]1. The van der Waals surface area contributed by atoms with Crippen molar-refractivity contribution in [2.75, 3.05) is 0 Å². The summed E-state index contributed by atoms with van der Waals surface area (Å²) in [7, 11) is 0. The number of aromatic nitrogens is 3. The smallest absolute Gasteiger partial charge is 0.213 e. The van der Waals surface area contributed by atoms with E-state index in [0.717, 1.165) is 11.4 Å². The van der Waals surface area contributed by atoms with Gasteiger partial charge in [-0.25, -0.2) is 0 Å². The summed E-state index contributed by atoms with van der Waals surface area (Å²) in [5.74, 6) is 0.811. The van der Waals surface area contributed by atoms with Crippen molar-refractivity contribution in [1.29, 1.82) is 0 Å². The third-order valence-electron chi connectivity index (χ3n) is 2.22. The fourth-order valence-corrected chi connectivity index (χ4v) is 1.72. The molecule has 0 aliphatic heterocycles. The molecule has 1 aromatic carbocycles. The standard InChI is InChI=1S/C10H11N3S/c1-6-4-3-5-7(2)8(6)9-11-10(14)13-12-9/h3-5H,1-2H3,(H2,11,12,13,14). The van der Waals surface area contributed by atoms with Crippen molar-refractivity contribution in [3.05, 3.63) is 34.1 Å². The Morgan fingerprint density at radius 3 is 2.29 bits per heavy atom. The van der Waals surface area contributed by atoms with Crippen molar-refractivity contribution >= 4 is 12.2 Å². The molecule has 2 rings (SSSR count). The van der Waals surface area contributed by atoms with Crippen molar-refractivity contribution in [1.82, 2.24) is 15.2 Å². The molecule has 1 heterocycles. The molecular formula is C10H11N3S. The predicted molar refractivity (Wildman–Crippen MR) is 58.7 cm³/mol. The van der Waals surface area contributed by atoms with Gasteiger partial charge in [0.15, 0.2) is 5.82 Å². The Morgan fingerprint density at radius 2 is 1.79 bits per heavy atom. The molecule has 0 saturated carbocycles. The van der Waals surface area contributed by atoms with Crippen LogP contribution in [0.5, 0.6) is 0 Å². The fraction of sp³-hybridized carbons (Fsp3) is 0.200. The second kappa shape index (κ2) is 3.38. The van der Waals surface area contributed by atoms with Gasteiger partial charge in [0.05, 0.1) is 0 Å². The van der Waals surface area contributed by atoms with Gasteiger partial charge in [0.25, 0.3) is 0 Å². The van der Waals surface area contributed by atoms with Gasteiger partial charge >= 0.3 is 0 Å². The minimum absolute atomic E-state index is 0.489. The van der Waals surface area contributed by atoms with Crippen LogP contribution < -0.4 is 0 Å². The minimum Gasteiger partial charge on any atom is -0.282 e. The molecular weight excluding hydrogens is 194 g/mol. The molecule has 72 valence electrons. The van der Waals surface area contributed by atoms with Gasteiger partial charge in [-0.1, -0.05) is 18.2 Å². The summed E-state index contributed by atoms with van der Waals surface area (Å²) < 4.78 is 0.489. The van der Waals surface area contributed by atoms with E-state index in [1.807, 2.05) is 6.07 Å². The summed E-state index contributed by atoms with van der Waals surface area (Å²) in [4.78, 5) is 4.21. The van der Waals surface area contributed by atoms with Crippen LogP contribution in [-0.2, 0) is 0 Å². The maximum Gasteiger partial charge on any atom is 0.213 e. The molecule has 0 bridgehead atoms. The minimum atomic E-state index is 0.489. The molecule has 0 radical (unpaired) electrons. The zero-order chi connectivity index (χ0) is 10.1. The Morgan fingerprint density at radius 1 is 1.14 bits per heavy atom. The van der Waals surface area contributed by atoms with E-state index in [1.54, 1.807) is 0 Å². The van der Waals surface area contributed by atoms with Gasteiger partial charge in [-0.3, -0.25) is 10.2 Å². The largest absolute Gasteiger partial charge is 0.282 e. The Labute approximate surface area is 87.2 Å². The van der Waals surface area contributed by atoms with Crippen LogP contribution in [0.3, 0.4) is 0 Å². The molecule has 3 nitrogen and oxygen atoms in total. The highest BCUT2D eigenvalue weighted by Gasteiger charge is 2.07. The summed E-state index contributed by atoms with van der Waals surface area (Å²) in [6.45, 7) is 4.13. The van der Waals surface area contributed by atoms with Crippen LogP contribution in [0.4, 0.5) is 0 Å². The first-order valence-corrected chi connectivity index (χ1v) is 4.80. The van der Waals surface area contributed by atoms with Gasteiger partial charge in [-0.2, -0.15) is 4.98 Å². The first kappa shape index (κ1) is 9.15. The summed E-state index contributed by atoms with van der Waals surface area (Å²) >= 11 is 4.92. The lowest BCUT2D eigenvalue weighted by molar-refractivity contribution is 1.08. The second-order valence-corrected chi connectivity index (χ2v) is 3.67. The average molecular weight is 205 g/mol. The maximum atomic E-state index is 4.92. The van der Waals surface area contributed by atoms with Crippen LogP contribution in [0.25, 0.3) is 11.4 Å². The lowest BCUT2D eigenvalue weighted by atomic mass is 10.0. The normalized spacial score (nSPS) is 10.4. The number of nitrogens with zero attached hydrogens (tertiary/aromatic N) is 1. The molecule has 0 spiro atoms. The highest BCUT2D eigenvalue weighted by atomic mass is 32.1. The highest BCUT2D eigenvalue weighted by molar-refractivity contribution is 7.71. The number of nitrogens with one attached hydrogen (secondary N) is 2. The van der Waals surface area contributed by atoms with E-state index in [9.17, 15) is 0 Å². The number of aryl methyl sites for hydroxylation is 2. The Kier molecular flexibility index (Phi) is 2.21.